The third-order valence-electron chi connectivity index (χ3n) is 3.92. The van der Waals surface area contributed by atoms with Crippen molar-refractivity contribution in [3.8, 4) is 0 Å². The van der Waals surface area contributed by atoms with E-state index in [1.54, 1.807) is 0 Å². The molecule has 2 unspecified atom stereocenters. The molecule has 1 aliphatic heterocycles. The first-order chi connectivity index (χ1) is 8.55. The van der Waals surface area contributed by atoms with Gasteiger partial charge >= 0.3 is 0 Å². The minimum Gasteiger partial charge on any atom is -0.393 e. The zero-order valence-corrected chi connectivity index (χ0v) is 12.4. The Morgan fingerprint density at radius 2 is 1.72 bits per heavy atom. The molecule has 18 heavy (non-hydrogen) atoms. The average Bonchev–Trinajstić information content (AvgIpc) is 2.68. The molecule has 108 valence electrons. The maximum atomic E-state index is 11.3. The second kappa shape index (κ2) is 8.16. The quantitative estimate of drug-likeness (QED) is 0.659. The van der Waals surface area contributed by atoms with Crippen LogP contribution in [0.15, 0.2) is 0 Å². The van der Waals surface area contributed by atoms with E-state index in [2.05, 4.69) is 6.92 Å². The Labute approximate surface area is 112 Å². The second-order valence-corrected chi connectivity index (χ2v) is 7.87. The molecule has 0 bridgehead atoms. The van der Waals surface area contributed by atoms with Gasteiger partial charge < -0.3 is 5.11 Å². The Morgan fingerprint density at radius 1 is 1.11 bits per heavy atom. The van der Waals surface area contributed by atoms with Crippen LogP contribution in [0.4, 0.5) is 0 Å². The topological polar surface area (TPSA) is 54.4 Å². The van der Waals surface area contributed by atoms with Crippen molar-refractivity contribution in [2.75, 3.05) is 11.5 Å². The summed E-state index contributed by atoms with van der Waals surface area (Å²) in [5.74, 6) is 0.464. The molecule has 0 saturated carbocycles. The molecule has 1 heterocycles. The van der Waals surface area contributed by atoms with Crippen LogP contribution in [0.5, 0.6) is 0 Å². The van der Waals surface area contributed by atoms with E-state index in [-0.39, 0.29) is 17.4 Å². The van der Waals surface area contributed by atoms with Crippen LogP contribution in [0.25, 0.3) is 0 Å². The SMILES string of the molecule is CCCCCCCCCC(O)C1CCS(=O)(=O)C1. The van der Waals surface area contributed by atoms with Gasteiger partial charge in [-0.25, -0.2) is 8.42 Å². The lowest BCUT2D eigenvalue weighted by atomic mass is 9.96. The van der Waals surface area contributed by atoms with E-state index in [1.165, 1.54) is 38.5 Å². The van der Waals surface area contributed by atoms with E-state index in [4.69, 9.17) is 0 Å². The third-order valence-corrected chi connectivity index (χ3v) is 5.71. The smallest absolute Gasteiger partial charge is 0.150 e. The Hall–Kier alpha value is -0.0900. The Bertz CT molecular complexity index is 311. The molecule has 0 radical (unpaired) electrons. The Kier molecular flexibility index (Phi) is 7.23. The van der Waals surface area contributed by atoms with E-state index in [0.717, 1.165) is 12.8 Å². The molecule has 1 fully saturated rings. The molecular weight excluding hydrogens is 248 g/mol. The number of aliphatic hydroxyl groups excluding tert-OH is 1. The van der Waals surface area contributed by atoms with Gasteiger partial charge in [0.05, 0.1) is 17.6 Å². The van der Waals surface area contributed by atoms with E-state index in [9.17, 15) is 13.5 Å². The lowest BCUT2D eigenvalue weighted by Gasteiger charge is -2.16. The lowest BCUT2D eigenvalue weighted by Crippen LogP contribution is -2.21. The fourth-order valence-electron chi connectivity index (χ4n) is 2.67. The summed E-state index contributed by atoms with van der Waals surface area (Å²) in [7, 11) is -2.85. The van der Waals surface area contributed by atoms with Gasteiger partial charge in [-0.2, -0.15) is 0 Å². The fraction of sp³-hybridized carbons (Fsp3) is 1.00. The van der Waals surface area contributed by atoms with E-state index < -0.39 is 15.9 Å². The third kappa shape index (κ3) is 6.19. The van der Waals surface area contributed by atoms with Gasteiger partial charge in [-0.15, -0.1) is 0 Å². The van der Waals surface area contributed by atoms with Crippen LogP contribution in [-0.2, 0) is 9.84 Å². The molecule has 0 amide bonds. The number of sulfone groups is 1. The molecule has 0 aromatic carbocycles. The van der Waals surface area contributed by atoms with E-state index in [1.807, 2.05) is 0 Å². The number of hydrogen-bond acceptors (Lipinski definition) is 3. The van der Waals surface area contributed by atoms with Gasteiger partial charge in [-0.05, 0) is 18.8 Å². The van der Waals surface area contributed by atoms with Crippen molar-refractivity contribution >= 4 is 9.84 Å². The summed E-state index contributed by atoms with van der Waals surface area (Å²) in [6.45, 7) is 2.21. The predicted molar refractivity (Wildman–Crippen MR) is 75.4 cm³/mol. The molecule has 0 aromatic heterocycles. The molecule has 1 aliphatic rings. The van der Waals surface area contributed by atoms with Gasteiger partial charge in [0.25, 0.3) is 0 Å². The van der Waals surface area contributed by atoms with Crippen molar-refractivity contribution in [1.82, 2.24) is 0 Å². The number of rotatable bonds is 9. The number of unbranched alkanes of at least 4 members (excludes halogenated alkanes) is 6. The average molecular weight is 276 g/mol. The first-order valence-electron chi connectivity index (χ1n) is 7.43. The molecule has 0 aromatic rings. The van der Waals surface area contributed by atoms with Gasteiger partial charge in [-0.1, -0.05) is 51.9 Å². The monoisotopic (exact) mass is 276 g/mol. The van der Waals surface area contributed by atoms with Crippen molar-refractivity contribution in [1.29, 1.82) is 0 Å². The Balaban J connectivity index is 2.02. The zero-order chi connectivity index (χ0) is 13.4. The highest BCUT2D eigenvalue weighted by atomic mass is 32.2. The van der Waals surface area contributed by atoms with Crippen LogP contribution in [0.2, 0.25) is 0 Å². The van der Waals surface area contributed by atoms with E-state index >= 15 is 0 Å². The van der Waals surface area contributed by atoms with Gasteiger partial charge in [-0.3, -0.25) is 0 Å². The van der Waals surface area contributed by atoms with Gasteiger partial charge in [0.1, 0.15) is 0 Å². The highest BCUT2D eigenvalue weighted by Crippen LogP contribution is 2.24. The summed E-state index contributed by atoms with van der Waals surface area (Å²) in [5.41, 5.74) is 0. The fourth-order valence-corrected chi connectivity index (χ4v) is 4.54. The highest BCUT2D eigenvalue weighted by Gasteiger charge is 2.32. The second-order valence-electron chi connectivity index (χ2n) is 5.64. The summed E-state index contributed by atoms with van der Waals surface area (Å²) in [5, 5.41) is 9.96. The maximum absolute atomic E-state index is 11.3. The predicted octanol–water partition coefficient (Wildman–Crippen LogP) is 2.92. The number of aliphatic hydroxyl groups is 1. The van der Waals surface area contributed by atoms with Gasteiger partial charge in [0, 0.05) is 0 Å². The summed E-state index contributed by atoms with van der Waals surface area (Å²) < 4.78 is 22.6. The standard InChI is InChI=1S/C14H28O3S/c1-2-3-4-5-6-7-8-9-14(15)13-10-11-18(16,17)12-13/h13-15H,2-12H2,1H3. The van der Waals surface area contributed by atoms with Crippen molar-refractivity contribution < 1.29 is 13.5 Å². The van der Waals surface area contributed by atoms with Crippen LogP contribution < -0.4 is 0 Å². The highest BCUT2D eigenvalue weighted by molar-refractivity contribution is 7.91. The van der Waals surface area contributed by atoms with Crippen molar-refractivity contribution in [2.24, 2.45) is 5.92 Å². The van der Waals surface area contributed by atoms with Crippen LogP contribution >= 0.6 is 0 Å². The lowest BCUT2D eigenvalue weighted by molar-refractivity contribution is 0.108. The van der Waals surface area contributed by atoms with Gasteiger partial charge in [0.15, 0.2) is 9.84 Å². The zero-order valence-electron chi connectivity index (χ0n) is 11.6. The molecule has 2 atom stereocenters. The van der Waals surface area contributed by atoms with Crippen LogP contribution in [-0.4, -0.2) is 31.1 Å². The van der Waals surface area contributed by atoms with Crippen molar-refractivity contribution in [3.05, 3.63) is 0 Å². The van der Waals surface area contributed by atoms with Crippen LogP contribution in [0.3, 0.4) is 0 Å². The maximum Gasteiger partial charge on any atom is 0.150 e. The van der Waals surface area contributed by atoms with Crippen molar-refractivity contribution in [3.63, 3.8) is 0 Å². The number of hydrogen-bond donors (Lipinski definition) is 1. The molecule has 3 nitrogen and oxygen atoms in total. The van der Waals surface area contributed by atoms with Crippen LogP contribution in [0, 0.1) is 5.92 Å². The molecule has 0 spiro atoms. The summed E-state index contributed by atoms with van der Waals surface area (Å²) in [4.78, 5) is 0. The largest absolute Gasteiger partial charge is 0.393 e. The van der Waals surface area contributed by atoms with E-state index in [0.29, 0.717) is 6.42 Å². The van der Waals surface area contributed by atoms with Crippen molar-refractivity contribution in [2.45, 2.75) is 70.8 Å². The molecular formula is C14H28O3S. The summed E-state index contributed by atoms with van der Waals surface area (Å²) in [6.07, 6.45) is 9.67. The van der Waals surface area contributed by atoms with Gasteiger partial charge in [0.2, 0.25) is 0 Å². The first-order valence-corrected chi connectivity index (χ1v) is 9.26. The van der Waals surface area contributed by atoms with Crippen LogP contribution in [0.1, 0.15) is 64.7 Å². The normalized spacial score (nSPS) is 24.2. The summed E-state index contributed by atoms with van der Waals surface area (Å²) >= 11 is 0. The molecule has 1 saturated heterocycles. The summed E-state index contributed by atoms with van der Waals surface area (Å²) in [6, 6.07) is 0. The Morgan fingerprint density at radius 3 is 2.28 bits per heavy atom. The minimum atomic E-state index is -2.85. The molecule has 4 heteroatoms. The molecule has 1 rings (SSSR count). The minimum absolute atomic E-state index is 0.00455. The first kappa shape index (κ1) is 16.0. The molecule has 1 N–H and O–H groups in total. The molecule has 0 aliphatic carbocycles.